The van der Waals surface area contributed by atoms with E-state index < -0.39 is 17.8 Å². The predicted octanol–water partition coefficient (Wildman–Crippen LogP) is 6.08. The fraction of sp³-hybridized carbons (Fsp3) is 0.344. The number of rotatable bonds is 7. The molecule has 0 aliphatic heterocycles. The summed E-state index contributed by atoms with van der Waals surface area (Å²) < 4.78 is 14.6. The Morgan fingerprint density at radius 2 is 1.45 bits per heavy atom. The molecule has 0 aliphatic carbocycles. The van der Waals surface area contributed by atoms with Gasteiger partial charge in [-0.15, -0.1) is 4.99 Å². The Balaban J connectivity index is 1.94. The van der Waals surface area contributed by atoms with Gasteiger partial charge in [0, 0.05) is 6.54 Å². The number of imidazole rings is 1. The normalized spacial score (nSPS) is 12.8. The van der Waals surface area contributed by atoms with E-state index in [1.807, 2.05) is 61.1 Å². The zero-order chi connectivity index (χ0) is 28.9. The van der Waals surface area contributed by atoms with Crippen LogP contribution >= 0.6 is 0 Å². The van der Waals surface area contributed by atoms with Crippen LogP contribution in [0.2, 0.25) is 0 Å². The number of fused-ring (bicyclic) bond motifs is 1. The molecule has 0 radical (unpaired) electrons. The summed E-state index contributed by atoms with van der Waals surface area (Å²) in [5.74, 6) is 0. The average molecular weight is 543 g/mol. The molecule has 1 unspecified atom stereocenters. The summed E-state index contributed by atoms with van der Waals surface area (Å²) in [4.78, 5) is 29.8. The summed E-state index contributed by atoms with van der Waals surface area (Å²) in [6.45, 7) is 10.3. The number of hydrogen-bond acceptors (Lipinski definition) is 4. The van der Waals surface area contributed by atoms with Crippen molar-refractivity contribution in [3.63, 3.8) is 0 Å². The first-order valence-electron chi connectivity index (χ1n) is 13.4. The number of para-hydroxylation sites is 2. The van der Waals surface area contributed by atoms with E-state index in [1.54, 1.807) is 0 Å². The monoisotopic (exact) mass is 542 g/mol. The van der Waals surface area contributed by atoms with Gasteiger partial charge in [0.15, 0.2) is 0 Å². The number of ether oxygens (including phenoxy) is 2. The van der Waals surface area contributed by atoms with Crippen LogP contribution in [0.25, 0.3) is 11.0 Å². The van der Waals surface area contributed by atoms with Gasteiger partial charge in [-0.1, -0.05) is 71.8 Å². The van der Waals surface area contributed by atoms with Crippen LogP contribution in [0.1, 0.15) is 49.1 Å². The molecule has 4 aromatic rings. The van der Waals surface area contributed by atoms with Gasteiger partial charge in [0.1, 0.15) is 5.60 Å². The van der Waals surface area contributed by atoms with Crippen LogP contribution in [0.5, 0.6) is 0 Å². The Morgan fingerprint density at radius 3 is 2.02 bits per heavy atom. The third-order valence-electron chi connectivity index (χ3n) is 6.56. The fourth-order valence-corrected chi connectivity index (χ4v) is 4.64. The summed E-state index contributed by atoms with van der Waals surface area (Å²) in [7, 11) is 1.34. The van der Waals surface area contributed by atoms with Crippen LogP contribution in [-0.2, 0) is 22.4 Å². The highest BCUT2D eigenvalue weighted by Gasteiger charge is 2.23. The lowest BCUT2D eigenvalue weighted by molar-refractivity contribution is 0.0593. The average Bonchev–Trinajstić information content (AvgIpc) is 3.20. The minimum absolute atomic E-state index is 0.264. The van der Waals surface area contributed by atoms with Gasteiger partial charge < -0.3 is 23.9 Å². The van der Waals surface area contributed by atoms with Crippen LogP contribution in [0.15, 0.2) is 77.8 Å². The molecule has 0 saturated carbocycles. The summed E-state index contributed by atoms with van der Waals surface area (Å²) in [6.07, 6.45) is -0.614. The van der Waals surface area contributed by atoms with Gasteiger partial charge in [-0.3, -0.25) is 0 Å². The third kappa shape index (κ3) is 7.20. The number of aromatic nitrogens is 2. The molecule has 210 valence electrons. The van der Waals surface area contributed by atoms with E-state index in [1.165, 1.54) is 12.7 Å². The maximum atomic E-state index is 13.1. The van der Waals surface area contributed by atoms with Crippen LogP contribution in [-0.4, -0.2) is 40.6 Å². The Hall–Kier alpha value is -4.33. The van der Waals surface area contributed by atoms with E-state index in [2.05, 4.69) is 65.8 Å². The number of methoxy groups -OCH3 is 1. The van der Waals surface area contributed by atoms with Crippen LogP contribution in [0.4, 0.5) is 9.59 Å². The number of alkyl carbamates (subject to hydrolysis) is 1. The van der Waals surface area contributed by atoms with Gasteiger partial charge in [-0.25, -0.2) is 9.59 Å². The quantitative estimate of drug-likeness (QED) is 0.306. The van der Waals surface area contributed by atoms with E-state index in [4.69, 9.17) is 9.47 Å². The van der Waals surface area contributed by atoms with Gasteiger partial charge in [0.05, 0.1) is 30.7 Å². The predicted molar refractivity (Wildman–Crippen MR) is 156 cm³/mol. The molecule has 3 aromatic carbocycles. The van der Waals surface area contributed by atoms with Crippen molar-refractivity contribution in [1.82, 2.24) is 14.5 Å². The Bertz CT molecular complexity index is 1540. The lowest BCUT2D eigenvalue weighted by Crippen LogP contribution is -2.38. The lowest BCUT2D eigenvalue weighted by atomic mass is 10.0. The maximum Gasteiger partial charge on any atom is 0.437 e. The van der Waals surface area contributed by atoms with E-state index >= 15 is 0 Å². The number of aryl methyl sites for hydroxylation is 2. The number of amides is 2. The van der Waals surface area contributed by atoms with Crippen molar-refractivity contribution in [2.45, 2.75) is 59.2 Å². The first-order chi connectivity index (χ1) is 19.0. The Morgan fingerprint density at radius 1 is 0.875 bits per heavy atom. The summed E-state index contributed by atoms with van der Waals surface area (Å²) in [5.41, 5.74) is 6.04. The van der Waals surface area contributed by atoms with Crippen molar-refractivity contribution >= 4 is 23.2 Å². The highest BCUT2D eigenvalue weighted by molar-refractivity contribution is 5.77. The maximum absolute atomic E-state index is 13.1. The highest BCUT2D eigenvalue weighted by atomic mass is 16.6. The molecule has 40 heavy (non-hydrogen) atoms. The van der Waals surface area contributed by atoms with E-state index in [0.717, 1.165) is 27.7 Å². The SMILES string of the molecule is COC(=O)NCC(Cc1ccc(C)cc1)n1c(=NC(=O)OC(C)(C)C)n(Cc2ccc(C)cc2)c2ccccc21. The summed E-state index contributed by atoms with van der Waals surface area (Å²) in [5, 5.41) is 2.86. The zero-order valence-electron chi connectivity index (χ0n) is 24.1. The lowest BCUT2D eigenvalue weighted by Gasteiger charge is -2.21. The number of nitrogens with zero attached hydrogens (tertiary/aromatic N) is 3. The number of hydrogen-bond donors (Lipinski definition) is 1. The van der Waals surface area contributed by atoms with Crippen molar-refractivity contribution in [2.75, 3.05) is 13.7 Å². The van der Waals surface area contributed by atoms with Crippen molar-refractivity contribution in [1.29, 1.82) is 0 Å². The fourth-order valence-electron chi connectivity index (χ4n) is 4.64. The van der Waals surface area contributed by atoms with Gasteiger partial charge in [-0.05, 0) is 64.3 Å². The number of benzene rings is 3. The standard InChI is InChI=1S/C32H38N4O4/c1-22-11-15-24(16-12-22)19-26(20-33-30(37)39-6)36-28-10-8-7-9-27(28)35(21-25-17-13-23(2)14-18-25)29(36)34-31(38)40-32(3,4)5/h7-18,26H,19-21H2,1-6H3,(H,33,37). The van der Waals surface area contributed by atoms with E-state index in [-0.39, 0.29) is 12.6 Å². The molecular weight excluding hydrogens is 504 g/mol. The molecular formula is C32H38N4O4. The van der Waals surface area contributed by atoms with Crippen molar-refractivity contribution < 1.29 is 19.1 Å². The molecule has 1 N–H and O–H groups in total. The Kier molecular flexibility index (Phi) is 8.77. The number of carbonyl (C=O) groups excluding carboxylic acids is 2. The minimum atomic E-state index is -0.701. The molecule has 0 aliphatic rings. The summed E-state index contributed by atoms with van der Waals surface area (Å²) >= 11 is 0. The van der Waals surface area contributed by atoms with Crippen LogP contribution < -0.4 is 10.9 Å². The highest BCUT2D eigenvalue weighted by Crippen LogP contribution is 2.22. The van der Waals surface area contributed by atoms with E-state index in [0.29, 0.717) is 18.6 Å². The Labute approximate surface area is 235 Å². The number of nitrogens with one attached hydrogen (secondary N) is 1. The molecule has 1 atom stereocenters. The number of carbonyl (C=O) groups is 2. The summed E-state index contributed by atoms with van der Waals surface area (Å²) in [6, 6.07) is 24.3. The van der Waals surface area contributed by atoms with Crippen molar-refractivity contribution in [2.24, 2.45) is 4.99 Å². The minimum Gasteiger partial charge on any atom is -0.453 e. The first kappa shape index (κ1) is 28.7. The van der Waals surface area contributed by atoms with E-state index in [9.17, 15) is 9.59 Å². The second-order valence-electron chi connectivity index (χ2n) is 11.0. The molecule has 0 fully saturated rings. The second-order valence-corrected chi connectivity index (χ2v) is 11.0. The van der Waals surface area contributed by atoms with Crippen LogP contribution in [0.3, 0.4) is 0 Å². The molecule has 2 amide bonds. The van der Waals surface area contributed by atoms with Crippen molar-refractivity contribution in [3.05, 3.63) is 101 Å². The first-order valence-corrected chi connectivity index (χ1v) is 13.4. The molecule has 0 spiro atoms. The second kappa shape index (κ2) is 12.2. The molecule has 1 aromatic heterocycles. The molecule has 0 saturated heterocycles. The van der Waals surface area contributed by atoms with Gasteiger partial charge in [0.25, 0.3) is 0 Å². The molecule has 4 rings (SSSR count). The van der Waals surface area contributed by atoms with Gasteiger partial charge in [0.2, 0.25) is 5.62 Å². The molecule has 8 nitrogen and oxygen atoms in total. The third-order valence-corrected chi connectivity index (χ3v) is 6.56. The molecule has 0 bridgehead atoms. The van der Waals surface area contributed by atoms with Crippen LogP contribution in [0, 0.1) is 13.8 Å². The molecule has 1 heterocycles. The van der Waals surface area contributed by atoms with Crippen molar-refractivity contribution in [3.8, 4) is 0 Å². The molecule has 8 heteroatoms. The van der Waals surface area contributed by atoms with Gasteiger partial charge in [-0.2, -0.15) is 0 Å². The zero-order valence-corrected chi connectivity index (χ0v) is 24.1. The topological polar surface area (TPSA) is 86.8 Å². The smallest absolute Gasteiger partial charge is 0.437 e. The van der Waals surface area contributed by atoms with Gasteiger partial charge >= 0.3 is 12.2 Å². The largest absolute Gasteiger partial charge is 0.453 e.